The Morgan fingerprint density at radius 3 is 2.62 bits per heavy atom. The quantitative estimate of drug-likeness (QED) is 0.508. The normalized spacial score (nSPS) is 17.3. The smallest absolute Gasteiger partial charge is 0.408 e. The number of hydrogen-bond donors (Lipinski definition) is 2. The molecule has 29 heavy (non-hydrogen) atoms. The van der Waals surface area contributed by atoms with E-state index < -0.39 is 18.1 Å². The molecule has 0 saturated carbocycles. The molecule has 1 aromatic carbocycles. The Balaban J connectivity index is 1.73. The average molecular weight is 409 g/mol. The molecule has 2 unspecified atom stereocenters. The molecule has 1 amide bonds. The highest BCUT2D eigenvalue weighted by Gasteiger charge is 2.22. The van der Waals surface area contributed by atoms with Gasteiger partial charge < -0.3 is 29.4 Å². The zero-order valence-corrected chi connectivity index (χ0v) is 16.9. The van der Waals surface area contributed by atoms with E-state index in [-0.39, 0.29) is 12.9 Å². The van der Waals surface area contributed by atoms with Gasteiger partial charge in [-0.25, -0.2) is 9.59 Å². The highest BCUT2D eigenvalue weighted by Crippen LogP contribution is 2.19. The first-order valence-corrected chi connectivity index (χ1v) is 10.2. The first-order chi connectivity index (χ1) is 14.1. The van der Waals surface area contributed by atoms with Gasteiger partial charge in [0.25, 0.3) is 0 Å². The molecule has 1 aliphatic heterocycles. The molecule has 2 rings (SSSR count). The summed E-state index contributed by atoms with van der Waals surface area (Å²) in [5.41, 5.74) is 0.440. The molecule has 1 fully saturated rings. The first-order valence-electron chi connectivity index (χ1n) is 10.2. The van der Waals surface area contributed by atoms with Crippen LogP contribution in [0.25, 0.3) is 0 Å². The van der Waals surface area contributed by atoms with E-state index in [4.69, 9.17) is 18.9 Å². The molecule has 1 aromatic rings. The van der Waals surface area contributed by atoms with Gasteiger partial charge in [0.1, 0.15) is 5.75 Å². The van der Waals surface area contributed by atoms with Gasteiger partial charge in [-0.2, -0.15) is 0 Å². The largest absolute Gasteiger partial charge is 0.494 e. The van der Waals surface area contributed by atoms with Gasteiger partial charge in [0.2, 0.25) is 0 Å². The maximum absolute atomic E-state index is 11.7. The molecule has 162 valence electrons. The lowest BCUT2D eigenvalue weighted by Crippen LogP contribution is -2.34. The zero-order chi connectivity index (χ0) is 20.9. The van der Waals surface area contributed by atoms with Gasteiger partial charge in [0.15, 0.2) is 12.3 Å². The number of carboxylic acids is 1. The number of carbonyl (C=O) groups excluding carboxylic acids is 1. The number of nitrogens with one attached hydrogen (secondary N) is 1. The summed E-state index contributed by atoms with van der Waals surface area (Å²) in [6.07, 6.45) is 4.67. The van der Waals surface area contributed by atoms with E-state index in [9.17, 15) is 14.7 Å². The number of ether oxygens (including phenoxy) is 4. The van der Waals surface area contributed by atoms with Crippen LogP contribution >= 0.6 is 0 Å². The Kier molecular flexibility index (Phi) is 10.3. The third-order valence-corrected chi connectivity index (χ3v) is 4.45. The zero-order valence-electron chi connectivity index (χ0n) is 16.9. The van der Waals surface area contributed by atoms with E-state index in [1.807, 2.05) is 6.92 Å². The van der Waals surface area contributed by atoms with Crippen LogP contribution in [0.4, 0.5) is 4.79 Å². The Labute approximate surface area is 171 Å². The van der Waals surface area contributed by atoms with Crippen LogP contribution in [0.2, 0.25) is 0 Å². The van der Waals surface area contributed by atoms with Crippen molar-refractivity contribution in [3.8, 4) is 5.75 Å². The summed E-state index contributed by atoms with van der Waals surface area (Å²) in [6, 6.07) is 5.42. The minimum absolute atomic E-state index is 0.0999. The van der Waals surface area contributed by atoms with E-state index in [2.05, 4.69) is 5.32 Å². The fraction of sp³-hybridized carbons (Fsp3) is 0.619. The fourth-order valence-electron chi connectivity index (χ4n) is 2.82. The number of rotatable bonds is 12. The summed E-state index contributed by atoms with van der Waals surface area (Å²) >= 11 is 0. The number of carboxylic acid groups (broad SMARTS) is 1. The second-order valence-corrected chi connectivity index (χ2v) is 6.84. The molecule has 0 aliphatic carbocycles. The van der Waals surface area contributed by atoms with E-state index in [1.54, 1.807) is 24.3 Å². The lowest BCUT2D eigenvalue weighted by Gasteiger charge is -2.22. The van der Waals surface area contributed by atoms with Gasteiger partial charge in [0.05, 0.1) is 19.8 Å². The van der Waals surface area contributed by atoms with E-state index in [1.165, 1.54) is 0 Å². The fourth-order valence-corrected chi connectivity index (χ4v) is 2.82. The predicted octanol–water partition coefficient (Wildman–Crippen LogP) is 3.65. The summed E-state index contributed by atoms with van der Waals surface area (Å²) in [5.74, 6) is -0.537. The topological polar surface area (TPSA) is 103 Å². The van der Waals surface area contributed by atoms with Crippen LogP contribution in [0, 0.1) is 0 Å². The third-order valence-electron chi connectivity index (χ3n) is 4.45. The van der Waals surface area contributed by atoms with E-state index >= 15 is 0 Å². The average Bonchev–Trinajstić information content (AvgIpc) is 2.73. The van der Waals surface area contributed by atoms with E-state index in [0.29, 0.717) is 24.5 Å². The van der Waals surface area contributed by atoms with Crippen LogP contribution in [0.5, 0.6) is 5.75 Å². The van der Waals surface area contributed by atoms with Crippen molar-refractivity contribution in [3.05, 3.63) is 29.8 Å². The number of carbonyl (C=O) groups is 2. The Morgan fingerprint density at radius 2 is 1.97 bits per heavy atom. The van der Waals surface area contributed by atoms with Crippen LogP contribution in [0.1, 0.15) is 57.1 Å². The molecule has 0 bridgehead atoms. The van der Waals surface area contributed by atoms with Crippen molar-refractivity contribution in [1.29, 1.82) is 0 Å². The molecule has 0 aromatic heterocycles. The van der Waals surface area contributed by atoms with Gasteiger partial charge in [-0.15, -0.1) is 0 Å². The van der Waals surface area contributed by atoms with Gasteiger partial charge >= 0.3 is 12.1 Å². The maximum Gasteiger partial charge on any atom is 0.408 e. The second-order valence-electron chi connectivity index (χ2n) is 6.84. The summed E-state index contributed by atoms with van der Waals surface area (Å²) in [7, 11) is 0. The molecule has 2 N–H and O–H groups in total. The molecule has 8 heteroatoms. The standard InChI is InChI=1S/C21H31NO7/c1-2-3-12-29-21(25)22-19(20(23)24)16-8-10-17(11-9-16)26-14-6-15-28-18-7-4-5-13-27-18/h8-11,18-19H,2-7,12-15H2,1H3,(H,22,25)(H,23,24). The van der Waals surface area contributed by atoms with Crippen molar-refractivity contribution < 1.29 is 33.6 Å². The summed E-state index contributed by atoms with van der Waals surface area (Å²) in [5, 5.41) is 11.8. The lowest BCUT2D eigenvalue weighted by molar-refractivity contribution is -0.163. The van der Waals surface area contributed by atoms with Gasteiger partial charge in [-0.1, -0.05) is 25.5 Å². The van der Waals surface area contributed by atoms with E-state index in [0.717, 1.165) is 45.1 Å². The second kappa shape index (κ2) is 13.0. The van der Waals surface area contributed by atoms with Crippen molar-refractivity contribution in [3.63, 3.8) is 0 Å². The molecule has 1 heterocycles. The monoisotopic (exact) mass is 409 g/mol. The molecular weight excluding hydrogens is 378 g/mol. The SMILES string of the molecule is CCCCOC(=O)NC(C(=O)O)c1ccc(OCCCOC2CCCCO2)cc1. The maximum atomic E-state index is 11.7. The van der Waals surface area contributed by atoms with Crippen molar-refractivity contribution >= 4 is 12.1 Å². The molecule has 0 radical (unpaired) electrons. The predicted molar refractivity (Wildman–Crippen MR) is 106 cm³/mol. The van der Waals surface area contributed by atoms with Crippen molar-refractivity contribution in [2.45, 2.75) is 57.8 Å². The van der Waals surface area contributed by atoms with Crippen molar-refractivity contribution in [2.75, 3.05) is 26.4 Å². The summed E-state index contributed by atoms with van der Waals surface area (Å²) in [4.78, 5) is 23.2. The van der Waals surface area contributed by atoms with Crippen LogP contribution in [-0.2, 0) is 19.0 Å². The summed E-state index contributed by atoms with van der Waals surface area (Å²) < 4.78 is 21.8. The number of hydrogen-bond acceptors (Lipinski definition) is 6. The highest BCUT2D eigenvalue weighted by atomic mass is 16.7. The van der Waals surface area contributed by atoms with Gasteiger partial charge in [0, 0.05) is 13.0 Å². The number of aliphatic carboxylic acids is 1. The molecular formula is C21H31NO7. The number of benzene rings is 1. The molecule has 8 nitrogen and oxygen atoms in total. The minimum Gasteiger partial charge on any atom is -0.494 e. The molecule has 2 atom stereocenters. The molecule has 1 saturated heterocycles. The van der Waals surface area contributed by atoms with Crippen LogP contribution in [0.3, 0.4) is 0 Å². The third kappa shape index (κ3) is 8.70. The lowest BCUT2D eigenvalue weighted by atomic mass is 10.1. The minimum atomic E-state index is -1.18. The van der Waals surface area contributed by atoms with Crippen molar-refractivity contribution in [1.82, 2.24) is 5.32 Å². The van der Waals surface area contributed by atoms with Crippen LogP contribution < -0.4 is 10.1 Å². The first kappa shape index (κ1) is 23.0. The number of unbranched alkanes of at least 4 members (excludes halogenated alkanes) is 1. The molecule has 0 spiro atoms. The van der Waals surface area contributed by atoms with Crippen LogP contribution in [-0.4, -0.2) is 49.9 Å². The van der Waals surface area contributed by atoms with Gasteiger partial charge in [-0.3, -0.25) is 0 Å². The Bertz CT molecular complexity index is 614. The number of alkyl carbamates (subject to hydrolysis) is 1. The van der Waals surface area contributed by atoms with Gasteiger partial charge in [-0.05, 0) is 43.4 Å². The highest BCUT2D eigenvalue weighted by molar-refractivity contribution is 5.81. The number of amides is 1. The molecule has 1 aliphatic rings. The van der Waals surface area contributed by atoms with Crippen molar-refractivity contribution in [2.24, 2.45) is 0 Å². The summed E-state index contributed by atoms with van der Waals surface area (Å²) in [6.45, 7) is 4.04. The van der Waals surface area contributed by atoms with Crippen LogP contribution in [0.15, 0.2) is 24.3 Å². The Hall–Kier alpha value is -2.32. The Morgan fingerprint density at radius 1 is 1.17 bits per heavy atom.